The molecule has 2 aliphatic carbocycles. The summed E-state index contributed by atoms with van der Waals surface area (Å²) in [6.45, 7) is 1.91. The van der Waals surface area contributed by atoms with E-state index >= 15 is 0 Å². The molecule has 2 N–H and O–H groups in total. The summed E-state index contributed by atoms with van der Waals surface area (Å²) < 4.78 is 27.4. The Labute approximate surface area is 160 Å². The molecule has 0 unspecified atom stereocenters. The fourth-order valence-electron chi connectivity index (χ4n) is 4.29. The second kappa shape index (κ2) is 7.00. The molecule has 2 aliphatic rings. The maximum Gasteiger partial charge on any atom is 0.261 e. The predicted molar refractivity (Wildman–Crippen MR) is 105 cm³/mol. The summed E-state index contributed by atoms with van der Waals surface area (Å²) in [5, 5.41) is 3.15. The van der Waals surface area contributed by atoms with Crippen LogP contribution in [0.2, 0.25) is 0 Å². The maximum atomic E-state index is 12.5. The summed E-state index contributed by atoms with van der Waals surface area (Å²) in [5.74, 6) is 1.32. The van der Waals surface area contributed by atoms with Gasteiger partial charge in [0, 0.05) is 17.3 Å². The summed E-state index contributed by atoms with van der Waals surface area (Å²) in [6, 6.07) is 13.5. The van der Waals surface area contributed by atoms with Crippen LogP contribution >= 0.6 is 0 Å². The number of aryl methyl sites for hydroxylation is 1. The number of nitrogens with one attached hydrogen (secondary N) is 2. The number of hydrogen-bond donors (Lipinski definition) is 2. The molecule has 27 heavy (non-hydrogen) atoms. The van der Waals surface area contributed by atoms with Gasteiger partial charge in [0.05, 0.1) is 4.90 Å². The standard InChI is InChI=1S/C21H24N2O3S/c1-14-2-10-19(11-3-14)27(25,26)23-18-8-6-16(7-9-18)21(24)22-20-13-15-4-5-17(20)12-15/h2-3,6-11,15,17,20,23H,4-5,12-13H2,1H3,(H,22,24)/t15-,17-,20+/m0/s1. The Morgan fingerprint density at radius 2 is 1.67 bits per heavy atom. The first-order chi connectivity index (χ1) is 12.9. The molecule has 1 amide bonds. The van der Waals surface area contributed by atoms with Crippen LogP contribution < -0.4 is 10.0 Å². The van der Waals surface area contributed by atoms with E-state index in [1.54, 1.807) is 48.5 Å². The van der Waals surface area contributed by atoms with Gasteiger partial charge in [0.15, 0.2) is 0 Å². The highest BCUT2D eigenvalue weighted by molar-refractivity contribution is 7.92. The van der Waals surface area contributed by atoms with E-state index in [1.807, 2.05) is 6.92 Å². The van der Waals surface area contributed by atoms with Crippen LogP contribution in [0, 0.1) is 18.8 Å². The lowest BCUT2D eigenvalue weighted by Gasteiger charge is -2.22. The number of amides is 1. The zero-order valence-electron chi connectivity index (χ0n) is 15.3. The Morgan fingerprint density at radius 3 is 2.26 bits per heavy atom. The molecule has 2 bridgehead atoms. The monoisotopic (exact) mass is 384 g/mol. The first kappa shape index (κ1) is 18.0. The van der Waals surface area contributed by atoms with Crippen LogP contribution in [0.5, 0.6) is 0 Å². The number of hydrogen-bond acceptors (Lipinski definition) is 3. The van der Waals surface area contributed by atoms with Crippen LogP contribution in [0.15, 0.2) is 53.4 Å². The van der Waals surface area contributed by atoms with Crippen LogP contribution in [0.4, 0.5) is 5.69 Å². The van der Waals surface area contributed by atoms with Gasteiger partial charge in [-0.25, -0.2) is 8.42 Å². The van der Waals surface area contributed by atoms with Crippen molar-refractivity contribution in [1.82, 2.24) is 5.32 Å². The van der Waals surface area contributed by atoms with Crippen molar-refractivity contribution in [2.75, 3.05) is 4.72 Å². The average molecular weight is 385 g/mol. The lowest BCUT2D eigenvalue weighted by molar-refractivity contribution is 0.0923. The highest BCUT2D eigenvalue weighted by Gasteiger charge is 2.40. The molecule has 2 fully saturated rings. The third-order valence-corrected chi connectivity index (χ3v) is 7.18. The van der Waals surface area contributed by atoms with Gasteiger partial charge in [0.25, 0.3) is 15.9 Å². The Balaban J connectivity index is 1.41. The largest absolute Gasteiger partial charge is 0.349 e. The first-order valence-corrected chi connectivity index (χ1v) is 10.9. The predicted octanol–water partition coefficient (Wildman–Crippen LogP) is 3.71. The van der Waals surface area contributed by atoms with Crippen LogP contribution in [-0.4, -0.2) is 20.4 Å². The number of rotatable bonds is 5. The molecule has 0 heterocycles. The molecule has 0 spiro atoms. The lowest BCUT2D eigenvalue weighted by Crippen LogP contribution is -2.38. The van der Waals surface area contributed by atoms with E-state index in [9.17, 15) is 13.2 Å². The molecule has 0 aliphatic heterocycles. The number of benzene rings is 2. The summed E-state index contributed by atoms with van der Waals surface area (Å²) in [4.78, 5) is 12.7. The van der Waals surface area contributed by atoms with Gasteiger partial charge in [-0.15, -0.1) is 0 Å². The van der Waals surface area contributed by atoms with Crippen LogP contribution in [0.3, 0.4) is 0 Å². The van der Waals surface area contributed by atoms with Gasteiger partial charge < -0.3 is 5.32 Å². The number of fused-ring (bicyclic) bond motifs is 2. The summed E-state index contributed by atoms with van der Waals surface area (Å²) in [6.07, 6.45) is 4.84. The molecule has 4 rings (SSSR count). The van der Waals surface area contributed by atoms with Gasteiger partial charge in [-0.05, 0) is 74.4 Å². The Hall–Kier alpha value is -2.34. The third-order valence-electron chi connectivity index (χ3n) is 5.79. The number of sulfonamides is 1. The van der Waals surface area contributed by atoms with E-state index in [1.165, 1.54) is 19.3 Å². The van der Waals surface area contributed by atoms with Crippen molar-refractivity contribution in [3.05, 3.63) is 59.7 Å². The van der Waals surface area contributed by atoms with Crippen LogP contribution in [0.1, 0.15) is 41.6 Å². The number of anilines is 1. The van der Waals surface area contributed by atoms with Gasteiger partial charge >= 0.3 is 0 Å². The molecule has 0 radical (unpaired) electrons. The third kappa shape index (κ3) is 3.86. The Morgan fingerprint density at radius 1 is 0.963 bits per heavy atom. The van der Waals surface area contributed by atoms with Gasteiger partial charge in [-0.1, -0.05) is 24.1 Å². The maximum absolute atomic E-state index is 12.5. The molecule has 5 nitrogen and oxygen atoms in total. The molecule has 142 valence electrons. The SMILES string of the molecule is Cc1ccc(S(=O)(=O)Nc2ccc(C(=O)N[C@@H]3C[C@H]4CC[C@H]3C4)cc2)cc1. The second-order valence-corrected chi connectivity index (χ2v) is 9.43. The van der Waals surface area contributed by atoms with Crippen molar-refractivity contribution in [2.45, 2.75) is 43.5 Å². The zero-order chi connectivity index (χ0) is 19.0. The fourth-order valence-corrected chi connectivity index (χ4v) is 5.35. The summed E-state index contributed by atoms with van der Waals surface area (Å²) in [5.41, 5.74) is 1.99. The van der Waals surface area contributed by atoms with E-state index in [0.29, 0.717) is 17.2 Å². The van der Waals surface area contributed by atoms with Crippen molar-refractivity contribution in [3.63, 3.8) is 0 Å². The minimum Gasteiger partial charge on any atom is -0.349 e. The van der Waals surface area contributed by atoms with E-state index in [2.05, 4.69) is 10.0 Å². The number of carbonyl (C=O) groups is 1. The molecule has 2 aromatic rings. The fraction of sp³-hybridized carbons (Fsp3) is 0.381. The lowest BCUT2D eigenvalue weighted by atomic mass is 9.95. The minimum atomic E-state index is -3.64. The van der Waals surface area contributed by atoms with E-state index < -0.39 is 10.0 Å². The smallest absolute Gasteiger partial charge is 0.261 e. The highest BCUT2D eigenvalue weighted by atomic mass is 32.2. The van der Waals surface area contributed by atoms with Crippen molar-refractivity contribution in [3.8, 4) is 0 Å². The van der Waals surface area contributed by atoms with Crippen LogP contribution in [-0.2, 0) is 10.0 Å². The highest BCUT2D eigenvalue weighted by Crippen LogP contribution is 2.44. The molecule has 2 aromatic carbocycles. The normalized spacial score (nSPS) is 24.0. The van der Waals surface area contributed by atoms with Crippen molar-refractivity contribution >= 4 is 21.6 Å². The molecule has 3 atom stereocenters. The van der Waals surface area contributed by atoms with E-state index in [4.69, 9.17) is 0 Å². The van der Waals surface area contributed by atoms with E-state index in [0.717, 1.165) is 17.9 Å². The van der Waals surface area contributed by atoms with Crippen molar-refractivity contribution in [2.24, 2.45) is 11.8 Å². The number of carbonyl (C=O) groups excluding carboxylic acids is 1. The Bertz CT molecular complexity index is 936. The van der Waals surface area contributed by atoms with Gasteiger partial charge in [0.2, 0.25) is 0 Å². The average Bonchev–Trinajstić information content (AvgIpc) is 3.25. The molecular weight excluding hydrogens is 360 g/mol. The van der Waals surface area contributed by atoms with Crippen LogP contribution in [0.25, 0.3) is 0 Å². The molecular formula is C21H24N2O3S. The first-order valence-electron chi connectivity index (χ1n) is 9.41. The van der Waals surface area contributed by atoms with Crippen molar-refractivity contribution < 1.29 is 13.2 Å². The Kier molecular flexibility index (Phi) is 4.68. The molecule has 6 heteroatoms. The topological polar surface area (TPSA) is 75.3 Å². The van der Waals surface area contributed by atoms with Gasteiger partial charge in [-0.2, -0.15) is 0 Å². The molecule has 2 saturated carbocycles. The van der Waals surface area contributed by atoms with Crippen molar-refractivity contribution in [1.29, 1.82) is 0 Å². The quantitative estimate of drug-likeness (QED) is 0.825. The van der Waals surface area contributed by atoms with Gasteiger partial charge in [0.1, 0.15) is 0 Å². The zero-order valence-corrected chi connectivity index (χ0v) is 16.1. The van der Waals surface area contributed by atoms with Gasteiger partial charge in [-0.3, -0.25) is 9.52 Å². The molecule has 0 aromatic heterocycles. The summed E-state index contributed by atoms with van der Waals surface area (Å²) >= 11 is 0. The molecule has 0 saturated heterocycles. The second-order valence-electron chi connectivity index (χ2n) is 7.75. The van der Waals surface area contributed by atoms with E-state index in [-0.39, 0.29) is 16.8 Å². The minimum absolute atomic E-state index is 0.0829. The summed E-state index contributed by atoms with van der Waals surface area (Å²) in [7, 11) is -3.64.